The van der Waals surface area contributed by atoms with Gasteiger partial charge in [-0.1, -0.05) is 30.3 Å². The predicted octanol–water partition coefficient (Wildman–Crippen LogP) is 3.57. The zero-order valence-corrected chi connectivity index (χ0v) is 19.5. The van der Waals surface area contributed by atoms with Crippen LogP contribution in [-0.4, -0.2) is 40.2 Å². The van der Waals surface area contributed by atoms with Crippen LogP contribution < -0.4 is 19.9 Å². The van der Waals surface area contributed by atoms with Gasteiger partial charge < -0.3 is 29.4 Å². The zero-order chi connectivity index (χ0) is 24.4. The average Bonchev–Trinajstić information content (AvgIpc) is 2.86. The number of esters is 1. The Morgan fingerprint density at radius 3 is 2.15 bits per heavy atom. The first kappa shape index (κ1) is 23.2. The van der Waals surface area contributed by atoms with Gasteiger partial charge in [0, 0.05) is 18.4 Å². The third-order valence-corrected chi connectivity index (χ3v) is 6.24. The molecule has 0 saturated heterocycles. The molecule has 178 valence electrons. The summed E-state index contributed by atoms with van der Waals surface area (Å²) >= 11 is 0. The second-order valence-corrected chi connectivity index (χ2v) is 8.04. The highest BCUT2D eigenvalue weighted by Gasteiger charge is 2.43. The number of ketones is 1. The molecule has 0 amide bonds. The highest BCUT2D eigenvalue weighted by atomic mass is 16.5. The molecule has 0 saturated carbocycles. The molecular formula is C26H27NO7. The van der Waals surface area contributed by atoms with Crippen LogP contribution in [0.1, 0.15) is 35.8 Å². The van der Waals surface area contributed by atoms with Gasteiger partial charge in [0.2, 0.25) is 11.6 Å². The number of carbonyl (C=O) groups excluding carboxylic acids is 2. The Labute approximate surface area is 197 Å². The Morgan fingerprint density at radius 1 is 0.941 bits per heavy atom. The highest BCUT2D eigenvalue weighted by molar-refractivity contribution is 6.03. The molecule has 8 heteroatoms. The van der Waals surface area contributed by atoms with Crippen LogP contribution in [0.2, 0.25) is 0 Å². The lowest BCUT2D eigenvalue weighted by Crippen LogP contribution is -2.33. The van der Waals surface area contributed by atoms with E-state index in [2.05, 4.69) is 0 Å². The number of allylic oxidation sites excluding steroid dienone is 2. The molecule has 1 aliphatic heterocycles. The topological polar surface area (TPSA) is 106 Å². The largest absolute Gasteiger partial charge is 0.493 e. The van der Waals surface area contributed by atoms with Crippen LogP contribution in [0.3, 0.4) is 0 Å². The molecule has 2 aromatic rings. The minimum Gasteiger partial charge on any atom is -0.493 e. The fraction of sp³-hybridized carbons (Fsp3) is 0.308. The first-order valence-electron chi connectivity index (χ1n) is 10.8. The van der Waals surface area contributed by atoms with Crippen LogP contribution >= 0.6 is 0 Å². The van der Waals surface area contributed by atoms with Crippen LogP contribution in [0.15, 0.2) is 65.3 Å². The highest BCUT2D eigenvalue weighted by Crippen LogP contribution is 2.50. The molecule has 2 aromatic carbocycles. The summed E-state index contributed by atoms with van der Waals surface area (Å²) in [6, 6.07) is 13.2. The van der Waals surface area contributed by atoms with Gasteiger partial charge in [0.15, 0.2) is 17.3 Å². The van der Waals surface area contributed by atoms with Gasteiger partial charge in [-0.3, -0.25) is 4.79 Å². The van der Waals surface area contributed by atoms with Gasteiger partial charge in [-0.2, -0.15) is 0 Å². The molecule has 0 unspecified atom stereocenters. The van der Waals surface area contributed by atoms with E-state index in [-0.39, 0.29) is 29.6 Å². The van der Waals surface area contributed by atoms with Crippen LogP contribution in [0.4, 0.5) is 0 Å². The second-order valence-electron chi connectivity index (χ2n) is 8.04. The summed E-state index contributed by atoms with van der Waals surface area (Å²) < 4.78 is 27.3. The molecule has 2 aliphatic rings. The number of hydrogen-bond donors (Lipinski definition) is 1. The Morgan fingerprint density at radius 2 is 1.59 bits per heavy atom. The predicted molar refractivity (Wildman–Crippen MR) is 124 cm³/mol. The van der Waals surface area contributed by atoms with E-state index >= 15 is 0 Å². The molecule has 0 radical (unpaired) electrons. The maximum absolute atomic E-state index is 13.6. The van der Waals surface area contributed by atoms with Gasteiger partial charge in [-0.05, 0) is 29.2 Å². The monoisotopic (exact) mass is 465 g/mol. The quantitative estimate of drug-likeness (QED) is 0.646. The molecule has 8 nitrogen and oxygen atoms in total. The summed E-state index contributed by atoms with van der Waals surface area (Å²) in [4.78, 5) is 26.3. The van der Waals surface area contributed by atoms with E-state index in [0.717, 1.165) is 5.56 Å². The van der Waals surface area contributed by atoms with Gasteiger partial charge in [-0.15, -0.1) is 0 Å². The lowest BCUT2D eigenvalue weighted by molar-refractivity contribution is -0.136. The van der Waals surface area contributed by atoms with Crippen LogP contribution in [0.25, 0.3) is 0 Å². The third kappa shape index (κ3) is 3.96. The zero-order valence-electron chi connectivity index (χ0n) is 19.5. The number of ether oxygens (including phenoxy) is 5. The van der Waals surface area contributed by atoms with Gasteiger partial charge in [0.1, 0.15) is 11.3 Å². The fourth-order valence-electron chi connectivity index (χ4n) is 4.68. The number of hydrogen-bond acceptors (Lipinski definition) is 8. The Balaban J connectivity index is 1.89. The summed E-state index contributed by atoms with van der Waals surface area (Å²) in [5.41, 5.74) is 8.29. The summed E-state index contributed by atoms with van der Waals surface area (Å²) in [5.74, 6) is -0.138. The number of benzene rings is 2. The van der Waals surface area contributed by atoms with Crippen molar-refractivity contribution < 1.29 is 33.3 Å². The fourth-order valence-corrected chi connectivity index (χ4v) is 4.68. The van der Waals surface area contributed by atoms with E-state index in [9.17, 15) is 9.59 Å². The van der Waals surface area contributed by atoms with Crippen molar-refractivity contribution in [3.8, 4) is 17.2 Å². The molecule has 0 spiro atoms. The molecule has 1 aliphatic carbocycles. The lowest BCUT2D eigenvalue weighted by atomic mass is 9.73. The molecule has 4 rings (SSSR count). The van der Waals surface area contributed by atoms with E-state index in [1.54, 1.807) is 12.1 Å². The maximum Gasteiger partial charge on any atom is 0.340 e. The van der Waals surface area contributed by atoms with E-state index in [4.69, 9.17) is 29.4 Å². The van der Waals surface area contributed by atoms with Crippen molar-refractivity contribution in [3.63, 3.8) is 0 Å². The van der Waals surface area contributed by atoms with Crippen molar-refractivity contribution in [1.82, 2.24) is 0 Å². The molecule has 1 heterocycles. The molecule has 2 atom stereocenters. The average molecular weight is 466 g/mol. The number of nitrogens with two attached hydrogens (primary N) is 1. The van der Waals surface area contributed by atoms with Crippen LogP contribution in [0, 0.1) is 0 Å². The molecule has 34 heavy (non-hydrogen) atoms. The lowest BCUT2D eigenvalue weighted by Gasteiger charge is -2.35. The second kappa shape index (κ2) is 9.51. The van der Waals surface area contributed by atoms with E-state index in [1.807, 2.05) is 30.3 Å². The Kier molecular flexibility index (Phi) is 6.49. The summed E-state index contributed by atoms with van der Waals surface area (Å²) in [7, 11) is 5.75. The van der Waals surface area contributed by atoms with Crippen molar-refractivity contribution in [3.05, 3.63) is 76.4 Å². The van der Waals surface area contributed by atoms with E-state index < -0.39 is 11.9 Å². The summed E-state index contributed by atoms with van der Waals surface area (Å²) in [5, 5.41) is 0. The SMILES string of the molecule is COC(=O)C1=C(N)OC2=C(C(=O)C[C@H](c3ccccc3)C2)[C@H]1c1cc(OC)c(OC)c(OC)c1. The molecule has 0 fully saturated rings. The molecule has 0 aromatic heterocycles. The summed E-state index contributed by atoms with van der Waals surface area (Å²) in [6.45, 7) is 0. The van der Waals surface area contributed by atoms with Gasteiger partial charge in [-0.25, -0.2) is 4.79 Å². The number of carbonyl (C=O) groups is 2. The number of methoxy groups -OCH3 is 4. The summed E-state index contributed by atoms with van der Waals surface area (Å²) in [6.07, 6.45) is 0.753. The van der Waals surface area contributed by atoms with E-state index in [1.165, 1.54) is 28.4 Å². The Bertz CT molecular complexity index is 1160. The molecule has 0 bridgehead atoms. The normalized spacial score (nSPS) is 19.8. The minimum absolute atomic E-state index is 0.0551. The molecule has 2 N–H and O–H groups in total. The minimum atomic E-state index is -0.811. The third-order valence-electron chi connectivity index (χ3n) is 6.24. The first-order valence-corrected chi connectivity index (χ1v) is 10.8. The first-order chi connectivity index (χ1) is 16.4. The molecular weight excluding hydrogens is 438 g/mol. The van der Waals surface area contributed by atoms with Gasteiger partial charge in [0.25, 0.3) is 0 Å². The van der Waals surface area contributed by atoms with Crippen molar-refractivity contribution in [1.29, 1.82) is 0 Å². The van der Waals surface area contributed by atoms with Crippen molar-refractivity contribution in [2.45, 2.75) is 24.7 Å². The van der Waals surface area contributed by atoms with Crippen molar-refractivity contribution in [2.75, 3.05) is 28.4 Å². The number of rotatable bonds is 6. The Hall–Kier alpha value is -3.94. The smallest absolute Gasteiger partial charge is 0.340 e. The maximum atomic E-state index is 13.6. The van der Waals surface area contributed by atoms with Crippen LogP contribution in [0.5, 0.6) is 17.2 Å². The standard InChI is InChI=1S/C26H27NO7/c1-30-19-12-16(13-20(31-2)24(19)32-3)21-22-17(28)10-15(14-8-6-5-7-9-14)11-18(22)34-25(27)23(21)26(29)33-4/h5-9,12-13,15,21H,10-11,27H2,1-4H3/t15-,21+/m0/s1. The van der Waals surface area contributed by atoms with Gasteiger partial charge in [0.05, 0.1) is 34.4 Å². The van der Waals surface area contributed by atoms with Crippen molar-refractivity contribution in [2.24, 2.45) is 5.73 Å². The van der Waals surface area contributed by atoms with E-state index in [0.29, 0.717) is 40.6 Å². The van der Waals surface area contributed by atoms with Gasteiger partial charge >= 0.3 is 5.97 Å². The number of Topliss-reactive ketones (excluding diaryl/α,β-unsaturated/α-hetero) is 1. The van der Waals surface area contributed by atoms with Crippen molar-refractivity contribution >= 4 is 11.8 Å². The van der Waals surface area contributed by atoms with Crippen LogP contribution in [-0.2, 0) is 19.1 Å².